The zero-order valence-electron chi connectivity index (χ0n) is 28.0. The first kappa shape index (κ1) is 34.0. The van der Waals surface area contributed by atoms with Crippen LogP contribution in [-0.2, 0) is 25.6 Å². The minimum absolute atomic E-state index is 0.139. The molecule has 0 aliphatic carbocycles. The van der Waals surface area contributed by atoms with Crippen LogP contribution >= 0.6 is 11.3 Å². The lowest BCUT2D eigenvalue weighted by atomic mass is 9.95. The van der Waals surface area contributed by atoms with Crippen LogP contribution in [0.2, 0.25) is 0 Å². The molecule has 0 saturated carbocycles. The summed E-state index contributed by atoms with van der Waals surface area (Å²) in [6.07, 6.45) is 3.82. The lowest BCUT2D eigenvalue weighted by Gasteiger charge is -2.25. The molecule has 50 heavy (non-hydrogen) atoms. The second-order valence-electron chi connectivity index (χ2n) is 11.3. The Morgan fingerprint density at radius 2 is 1.80 bits per heavy atom. The Bertz CT molecular complexity index is 2380. The number of nitrogens with zero attached hydrogens (tertiary/aromatic N) is 4. The standard InChI is InChI=1S/C38H34N4O7S/c1-5-47-31-17-24(15-16-30(31)49-22-33(43)46-4)35-34(37(45)48-6-2)23(3)40-38-42(35)36(44)32(50-38)18-27-21-41(29-14-10-9-13-28(27)29)20-26-12-8-7-11-25(26)19-39/h7-18,21,35H,5-6,20,22H2,1-4H3/b32-18-/t35-/m0/s1. The number of fused-ring (bicyclic) bond motifs is 2. The largest absolute Gasteiger partial charge is 0.490 e. The first-order valence-corrected chi connectivity index (χ1v) is 16.8. The molecule has 1 aliphatic heterocycles. The number of esters is 2. The molecule has 12 heteroatoms. The van der Waals surface area contributed by atoms with Crippen molar-refractivity contribution in [3.8, 4) is 17.6 Å². The summed E-state index contributed by atoms with van der Waals surface area (Å²) in [5, 5.41) is 10.6. The number of hydrogen-bond donors (Lipinski definition) is 0. The molecule has 3 heterocycles. The van der Waals surface area contributed by atoms with E-state index in [0.29, 0.717) is 50.8 Å². The first-order valence-electron chi connectivity index (χ1n) is 16.0. The minimum Gasteiger partial charge on any atom is -0.490 e. The van der Waals surface area contributed by atoms with Crippen molar-refractivity contribution < 1.29 is 28.5 Å². The summed E-state index contributed by atoms with van der Waals surface area (Å²) in [6.45, 7) is 5.85. The van der Waals surface area contributed by atoms with Crippen LogP contribution in [0.15, 0.2) is 94.0 Å². The van der Waals surface area contributed by atoms with Gasteiger partial charge in [0, 0.05) is 29.2 Å². The smallest absolute Gasteiger partial charge is 0.343 e. The van der Waals surface area contributed by atoms with Crippen LogP contribution < -0.4 is 24.4 Å². The third kappa shape index (κ3) is 6.55. The van der Waals surface area contributed by atoms with Crippen LogP contribution in [-0.4, -0.2) is 48.0 Å². The molecule has 0 fully saturated rings. The van der Waals surface area contributed by atoms with E-state index in [2.05, 4.69) is 10.6 Å². The van der Waals surface area contributed by atoms with Crippen LogP contribution in [0.5, 0.6) is 11.5 Å². The molecule has 0 spiro atoms. The molecule has 11 nitrogen and oxygen atoms in total. The van der Waals surface area contributed by atoms with Crippen molar-refractivity contribution in [2.24, 2.45) is 4.99 Å². The number of carbonyl (C=O) groups is 2. The lowest BCUT2D eigenvalue weighted by Crippen LogP contribution is -2.40. The highest BCUT2D eigenvalue weighted by Gasteiger charge is 2.34. The van der Waals surface area contributed by atoms with E-state index in [0.717, 1.165) is 22.0 Å². The fraction of sp³-hybridized carbons (Fsp3) is 0.237. The second kappa shape index (κ2) is 14.7. The molecule has 0 bridgehead atoms. The van der Waals surface area contributed by atoms with Crippen molar-refractivity contribution in [1.82, 2.24) is 9.13 Å². The topological polar surface area (TPSA) is 134 Å². The van der Waals surface area contributed by atoms with Crippen molar-refractivity contribution >= 4 is 40.3 Å². The van der Waals surface area contributed by atoms with Gasteiger partial charge in [-0.25, -0.2) is 14.6 Å². The third-order valence-electron chi connectivity index (χ3n) is 8.26. The number of aromatic nitrogens is 2. The van der Waals surface area contributed by atoms with Gasteiger partial charge in [0.25, 0.3) is 5.56 Å². The van der Waals surface area contributed by atoms with Crippen LogP contribution in [0.3, 0.4) is 0 Å². The Labute approximate surface area is 291 Å². The van der Waals surface area contributed by atoms with Crippen LogP contribution in [0.4, 0.5) is 0 Å². The predicted octanol–water partition coefficient (Wildman–Crippen LogP) is 4.62. The van der Waals surface area contributed by atoms with E-state index in [9.17, 15) is 19.6 Å². The zero-order valence-corrected chi connectivity index (χ0v) is 28.8. The van der Waals surface area contributed by atoms with Crippen molar-refractivity contribution in [3.63, 3.8) is 0 Å². The third-order valence-corrected chi connectivity index (χ3v) is 9.24. The van der Waals surface area contributed by atoms with Gasteiger partial charge in [0.2, 0.25) is 0 Å². The number of allylic oxidation sites excluding steroid dienone is 1. The fourth-order valence-corrected chi connectivity index (χ4v) is 7.04. The number of para-hydroxylation sites is 1. The monoisotopic (exact) mass is 690 g/mol. The van der Waals surface area contributed by atoms with E-state index in [1.165, 1.54) is 23.0 Å². The van der Waals surface area contributed by atoms with Gasteiger partial charge < -0.3 is 23.5 Å². The highest BCUT2D eigenvalue weighted by molar-refractivity contribution is 7.07. The maximum atomic E-state index is 14.4. The summed E-state index contributed by atoms with van der Waals surface area (Å²) in [6, 6.07) is 21.8. The summed E-state index contributed by atoms with van der Waals surface area (Å²) >= 11 is 1.23. The fourth-order valence-electron chi connectivity index (χ4n) is 6.00. The average molecular weight is 691 g/mol. The van der Waals surface area contributed by atoms with Gasteiger partial charge >= 0.3 is 11.9 Å². The number of ether oxygens (including phenoxy) is 4. The minimum atomic E-state index is -0.884. The summed E-state index contributed by atoms with van der Waals surface area (Å²) in [4.78, 5) is 44.7. The Hall–Kier alpha value is -5.93. The molecular formula is C38H34N4O7S. The molecule has 0 saturated heterocycles. The quantitative estimate of drug-likeness (QED) is 0.183. The van der Waals surface area contributed by atoms with E-state index >= 15 is 0 Å². The molecule has 0 N–H and O–H groups in total. The molecule has 2 aromatic heterocycles. The molecule has 0 amide bonds. The number of rotatable bonds is 11. The lowest BCUT2D eigenvalue weighted by molar-refractivity contribution is -0.143. The number of benzene rings is 3. The average Bonchev–Trinajstić information content (AvgIpc) is 3.62. The Morgan fingerprint density at radius 3 is 2.56 bits per heavy atom. The Balaban J connectivity index is 1.49. The number of methoxy groups -OCH3 is 1. The van der Waals surface area contributed by atoms with E-state index in [-0.39, 0.29) is 24.3 Å². The number of nitriles is 1. The van der Waals surface area contributed by atoms with Crippen LogP contribution in [0, 0.1) is 11.3 Å². The molecule has 0 radical (unpaired) electrons. The first-order chi connectivity index (χ1) is 24.3. The van der Waals surface area contributed by atoms with Crippen molar-refractivity contribution in [3.05, 3.63) is 126 Å². The summed E-state index contributed by atoms with van der Waals surface area (Å²) in [7, 11) is 1.27. The summed E-state index contributed by atoms with van der Waals surface area (Å²) < 4.78 is 25.7. The Kier molecular flexibility index (Phi) is 9.97. The molecule has 254 valence electrons. The van der Waals surface area contributed by atoms with Gasteiger partial charge in [-0.3, -0.25) is 9.36 Å². The van der Waals surface area contributed by atoms with E-state index in [1.807, 2.05) is 61.7 Å². The second-order valence-corrected chi connectivity index (χ2v) is 12.3. The molecule has 5 aromatic rings. The molecule has 1 aliphatic rings. The SMILES string of the molecule is CCOC(=O)C1=C(C)N=c2s/c(=C\c3cn(Cc4ccccc4C#N)c4ccccc34)c(=O)n2[C@H]1c1ccc(OCC(=O)OC)c(OCC)c1. The predicted molar refractivity (Wildman–Crippen MR) is 188 cm³/mol. The van der Waals surface area contributed by atoms with E-state index in [4.69, 9.17) is 23.9 Å². The molecule has 0 unspecified atom stereocenters. The molecule has 1 atom stereocenters. The van der Waals surface area contributed by atoms with Crippen molar-refractivity contribution in [2.75, 3.05) is 26.9 Å². The van der Waals surface area contributed by atoms with E-state index < -0.39 is 18.0 Å². The Morgan fingerprint density at radius 1 is 1.02 bits per heavy atom. The molecule has 6 rings (SSSR count). The highest BCUT2D eigenvalue weighted by atomic mass is 32.1. The number of hydrogen-bond acceptors (Lipinski definition) is 10. The van der Waals surface area contributed by atoms with E-state index in [1.54, 1.807) is 38.1 Å². The molecular weight excluding hydrogens is 657 g/mol. The maximum Gasteiger partial charge on any atom is 0.343 e. The van der Waals surface area contributed by atoms with Gasteiger partial charge in [0.05, 0.1) is 53.8 Å². The maximum absolute atomic E-state index is 14.4. The van der Waals surface area contributed by atoms with Gasteiger partial charge in [0.15, 0.2) is 22.9 Å². The number of thiazole rings is 1. The van der Waals surface area contributed by atoms with Crippen molar-refractivity contribution in [2.45, 2.75) is 33.4 Å². The van der Waals surface area contributed by atoms with Gasteiger partial charge in [-0.1, -0.05) is 53.8 Å². The summed E-state index contributed by atoms with van der Waals surface area (Å²) in [5.41, 5.74) is 4.15. The van der Waals surface area contributed by atoms with Gasteiger partial charge in [-0.15, -0.1) is 0 Å². The zero-order chi connectivity index (χ0) is 35.4. The highest BCUT2D eigenvalue weighted by Crippen LogP contribution is 2.36. The van der Waals surface area contributed by atoms with Crippen molar-refractivity contribution in [1.29, 1.82) is 5.26 Å². The molecule has 3 aromatic carbocycles. The summed E-state index contributed by atoms with van der Waals surface area (Å²) in [5.74, 6) is -0.500. The van der Waals surface area contributed by atoms with Gasteiger partial charge in [0.1, 0.15) is 0 Å². The normalized spacial score (nSPS) is 14.1. The van der Waals surface area contributed by atoms with Gasteiger partial charge in [-0.2, -0.15) is 5.26 Å². The van der Waals surface area contributed by atoms with Crippen LogP contribution in [0.25, 0.3) is 17.0 Å². The van der Waals surface area contributed by atoms with Gasteiger partial charge in [-0.05, 0) is 62.2 Å². The number of carbonyl (C=O) groups excluding carboxylic acids is 2. The van der Waals surface area contributed by atoms with Crippen LogP contribution in [0.1, 0.15) is 49.1 Å².